The number of aliphatic hydroxyl groups is 2. The molecule has 7 heteroatoms. The first kappa shape index (κ1) is 21.6. The number of methoxy groups -OCH3 is 1. The molecule has 5 atom stereocenters. The normalized spacial score (nSPS) is 30.4. The Bertz CT molecular complexity index is 868. The van der Waals surface area contributed by atoms with Gasteiger partial charge in [0.15, 0.2) is 0 Å². The van der Waals surface area contributed by atoms with Crippen LogP contribution in [0.25, 0.3) is 0 Å². The van der Waals surface area contributed by atoms with Crippen molar-refractivity contribution in [3.8, 4) is 5.75 Å². The highest BCUT2D eigenvalue weighted by Gasteiger charge is 2.61. The van der Waals surface area contributed by atoms with Gasteiger partial charge in [-0.25, -0.2) is 0 Å². The molecule has 2 aliphatic rings. The van der Waals surface area contributed by atoms with E-state index in [0.717, 1.165) is 22.4 Å². The molecule has 2 aromatic carbocycles. The average molecular weight is 435 g/mol. The van der Waals surface area contributed by atoms with Crippen LogP contribution >= 0.6 is 11.6 Å². The Morgan fingerprint density at radius 3 is 2.57 bits per heavy atom. The van der Waals surface area contributed by atoms with Gasteiger partial charge < -0.3 is 29.2 Å². The molecule has 0 radical (unpaired) electrons. The second-order valence-electron chi connectivity index (χ2n) is 7.79. The molecule has 2 heterocycles. The summed E-state index contributed by atoms with van der Waals surface area (Å²) in [4.78, 5) is 0. The minimum Gasteiger partial charge on any atom is -0.494 e. The van der Waals surface area contributed by atoms with E-state index in [9.17, 15) is 10.2 Å². The Balaban J connectivity index is 1.59. The molecule has 0 spiro atoms. The van der Waals surface area contributed by atoms with Crippen LogP contribution < -0.4 is 4.74 Å². The van der Waals surface area contributed by atoms with Crippen molar-refractivity contribution < 1.29 is 29.2 Å². The number of rotatable bonds is 7. The SMILES string of the molecule is CCOc1ccc(Cc2cc(C3OC4(CO)COC4C(OC)C3O)ccc2Cl)cc1. The van der Waals surface area contributed by atoms with Crippen molar-refractivity contribution in [1.82, 2.24) is 0 Å². The Kier molecular flexibility index (Phi) is 6.34. The van der Waals surface area contributed by atoms with Gasteiger partial charge in [0, 0.05) is 12.1 Å². The summed E-state index contributed by atoms with van der Waals surface area (Å²) in [7, 11) is 1.53. The van der Waals surface area contributed by atoms with Crippen LogP contribution in [0.3, 0.4) is 0 Å². The maximum atomic E-state index is 10.9. The van der Waals surface area contributed by atoms with E-state index >= 15 is 0 Å². The predicted molar refractivity (Wildman–Crippen MR) is 112 cm³/mol. The van der Waals surface area contributed by atoms with Crippen molar-refractivity contribution in [3.05, 3.63) is 64.2 Å². The summed E-state index contributed by atoms with van der Waals surface area (Å²) in [5.74, 6) is 0.831. The van der Waals surface area contributed by atoms with E-state index in [4.69, 9.17) is 30.5 Å². The lowest BCUT2D eigenvalue weighted by molar-refractivity contribution is -0.366. The van der Waals surface area contributed by atoms with Crippen LogP contribution in [0.5, 0.6) is 5.75 Å². The molecule has 6 nitrogen and oxygen atoms in total. The van der Waals surface area contributed by atoms with Gasteiger partial charge >= 0.3 is 0 Å². The molecule has 2 fully saturated rings. The zero-order valence-electron chi connectivity index (χ0n) is 17.1. The third-order valence-electron chi connectivity index (χ3n) is 5.90. The van der Waals surface area contributed by atoms with Gasteiger partial charge in [0.1, 0.15) is 35.8 Å². The maximum absolute atomic E-state index is 10.9. The predicted octanol–water partition coefficient (Wildman–Crippen LogP) is 2.91. The molecular weight excluding hydrogens is 408 g/mol. The number of hydrogen-bond acceptors (Lipinski definition) is 6. The summed E-state index contributed by atoms with van der Waals surface area (Å²) < 4.78 is 22.7. The van der Waals surface area contributed by atoms with Crippen LogP contribution in [0.15, 0.2) is 42.5 Å². The first-order valence-corrected chi connectivity index (χ1v) is 10.5. The Labute approximate surface area is 181 Å². The molecule has 30 heavy (non-hydrogen) atoms. The van der Waals surface area contributed by atoms with Crippen molar-refractivity contribution in [3.63, 3.8) is 0 Å². The lowest BCUT2D eigenvalue weighted by Crippen LogP contribution is -2.73. The Hall–Kier alpha value is -1.67. The standard InChI is InChI=1S/C23H27ClO6/c1-3-28-17-7-4-14(5-8-17)10-16-11-15(6-9-18(16)24)20-19(26)21(27-2)22-23(12-25,30-20)13-29-22/h4-9,11,19-22,25-26H,3,10,12-13H2,1-2H3. The lowest BCUT2D eigenvalue weighted by Gasteiger charge is -2.57. The molecule has 0 amide bonds. The van der Waals surface area contributed by atoms with Crippen molar-refractivity contribution >= 4 is 11.6 Å². The summed E-state index contributed by atoms with van der Waals surface area (Å²) in [6, 6.07) is 13.5. The zero-order chi connectivity index (χ0) is 21.3. The molecular formula is C23H27ClO6. The fraction of sp³-hybridized carbons (Fsp3) is 0.478. The van der Waals surface area contributed by atoms with Crippen LogP contribution in [0, 0.1) is 0 Å². The van der Waals surface area contributed by atoms with Crippen molar-refractivity contribution in [2.75, 3.05) is 26.9 Å². The highest BCUT2D eigenvalue weighted by atomic mass is 35.5. The topological polar surface area (TPSA) is 77.4 Å². The summed E-state index contributed by atoms with van der Waals surface area (Å²) in [5, 5.41) is 21.4. The van der Waals surface area contributed by atoms with Gasteiger partial charge in [0.05, 0.1) is 19.8 Å². The average Bonchev–Trinajstić information content (AvgIpc) is 2.74. The fourth-order valence-corrected chi connectivity index (χ4v) is 4.42. The summed E-state index contributed by atoms with van der Waals surface area (Å²) in [6.07, 6.45) is -2.03. The molecule has 5 unspecified atom stereocenters. The number of aliphatic hydroxyl groups excluding tert-OH is 2. The van der Waals surface area contributed by atoms with Gasteiger partial charge in [-0.1, -0.05) is 35.9 Å². The van der Waals surface area contributed by atoms with Crippen molar-refractivity contribution in [1.29, 1.82) is 0 Å². The molecule has 4 rings (SSSR count). The smallest absolute Gasteiger partial charge is 0.144 e. The minimum absolute atomic E-state index is 0.201. The molecule has 2 aliphatic heterocycles. The van der Waals surface area contributed by atoms with Crippen LogP contribution in [0.2, 0.25) is 5.02 Å². The van der Waals surface area contributed by atoms with E-state index in [1.807, 2.05) is 49.4 Å². The first-order valence-electron chi connectivity index (χ1n) is 10.1. The highest BCUT2D eigenvalue weighted by molar-refractivity contribution is 6.31. The summed E-state index contributed by atoms with van der Waals surface area (Å²) in [6.45, 7) is 2.64. The van der Waals surface area contributed by atoms with E-state index in [1.165, 1.54) is 7.11 Å². The third-order valence-corrected chi connectivity index (χ3v) is 6.27. The monoisotopic (exact) mass is 434 g/mol. The zero-order valence-corrected chi connectivity index (χ0v) is 17.8. The largest absolute Gasteiger partial charge is 0.494 e. The molecule has 2 saturated heterocycles. The van der Waals surface area contributed by atoms with Crippen molar-refractivity contribution in [2.45, 2.75) is 43.4 Å². The van der Waals surface area contributed by atoms with E-state index in [-0.39, 0.29) is 13.2 Å². The molecule has 162 valence electrons. The van der Waals surface area contributed by atoms with Gasteiger partial charge in [0.25, 0.3) is 0 Å². The van der Waals surface area contributed by atoms with Crippen LogP contribution in [-0.4, -0.2) is 61.1 Å². The second-order valence-corrected chi connectivity index (χ2v) is 8.20. The molecule has 0 bridgehead atoms. The van der Waals surface area contributed by atoms with E-state index in [1.54, 1.807) is 0 Å². The number of halogens is 1. The van der Waals surface area contributed by atoms with Crippen LogP contribution in [0.1, 0.15) is 29.7 Å². The molecule has 0 saturated carbocycles. The second kappa shape index (κ2) is 8.83. The maximum Gasteiger partial charge on any atom is 0.144 e. The number of hydrogen-bond donors (Lipinski definition) is 2. The van der Waals surface area contributed by atoms with Crippen molar-refractivity contribution in [2.24, 2.45) is 0 Å². The van der Waals surface area contributed by atoms with Gasteiger partial charge in [-0.2, -0.15) is 0 Å². The minimum atomic E-state index is -0.931. The van der Waals surface area contributed by atoms with Gasteiger partial charge in [-0.3, -0.25) is 0 Å². The molecule has 0 aliphatic carbocycles. The van der Waals surface area contributed by atoms with E-state index in [0.29, 0.717) is 18.1 Å². The molecule has 2 aromatic rings. The molecule has 2 N–H and O–H groups in total. The van der Waals surface area contributed by atoms with Gasteiger partial charge in [0.2, 0.25) is 0 Å². The summed E-state index contributed by atoms with van der Waals surface area (Å²) >= 11 is 6.46. The van der Waals surface area contributed by atoms with E-state index in [2.05, 4.69) is 0 Å². The number of ether oxygens (including phenoxy) is 4. The highest BCUT2D eigenvalue weighted by Crippen LogP contribution is 2.45. The fourth-order valence-electron chi connectivity index (χ4n) is 4.23. The number of benzene rings is 2. The third kappa shape index (κ3) is 3.84. The number of fused-ring (bicyclic) bond motifs is 1. The van der Waals surface area contributed by atoms with Crippen LogP contribution in [0.4, 0.5) is 0 Å². The Morgan fingerprint density at radius 1 is 1.20 bits per heavy atom. The lowest BCUT2D eigenvalue weighted by atomic mass is 9.80. The molecule has 0 aromatic heterocycles. The first-order chi connectivity index (χ1) is 14.5. The van der Waals surface area contributed by atoms with Gasteiger partial charge in [-0.05, 0) is 48.2 Å². The van der Waals surface area contributed by atoms with Crippen LogP contribution in [-0.2, 0) is 20.6 Å². The quantitative estimate of drug-likeness (QED) is 0.697. The van der Waals surface area contributed by atoms with Gasteiger partial charge in [-0.15, -0.1) is 0 Å². The Morgan fingerprint density at radius 2 is 1.97 bits per heavy atom. The van der Waals surface area contributed by atoms with E-state index < -0.39 is 30.0 Å². The summed E-state index contributed by atoms with van der Waals surface area (Å²) in [5.41, 5.74) is 1.94.